The van der Waals surface area contributed by atoms with Crippen LogP contribution in [0.25, 0.3) is 0 Å². The van der Waals surface area contributed by atoms with E-state index < -0.39 is 11.0 Å². The van der Waals surface area contributed by atoms with Crippen molar-refractivity contribution in [2.45, 2.75) is 0 Å². The van der Waals surface area contributed by atoms with Crippen LogP contribution in [0.15, 0.2) is 47.1 Å². The molecule has 2 rings (SSSR count). The zero-order chi connectivity index (χ0) is 14.5. The first kappa shape index (κ1) is 13.9. The zero-order valence-corrected chi connectivity index (χ0v) is 11.6. The fourth-order valence-corrected chi connectivity index (χ4v) is 1.77. The number of nitro benzene ring substituents is 1. The summed E-state index contributed by atoms with van der Waals surface area (Å²) in [6, 6.07) is 10.2. The van der Waals surface area contributed by atoms with Crippen molar-refractivity contribution >= 4 is 39.2 Å². The summed E-state index contributed by atoms with van der Waals surface area (Å²) in [6.07, 6.45) is 0. The van der Waals surface area contributed by atoms with Gasteiger partial charge in [-0.15, -0.1) is 0 Å². The highest BCUT2D eigenvalue weighted by Crippen LogP contribution is 2.16. The van der Waals surface area contributed by atoms with Gasteiger partial charge in [0.05, 0.1) is 4.92 Å². The molecule has 0 aliphatic carbocycles. The SMILES string of the molecule is O=C(Nc1ccc([N+](=O)[O-])cc1)Nc1cccc(Br)n1. The van der Waals surface area contributed by atoms with Crippen LogP contribution in [-0.4, -0.2) is 15.9 Å². The van der Waals surface area contributed by atoms with E-state index in [1.54, 1.807) is 18.2 Å². The van der Waals surface area contributed by atoms with Gasteiger partial charge in [0.1, 0.15) is 10.4 Å². The smallest absolute Gasteiger partial charge is 0.308 e. The second kappa shape index (κ2) is 6.11. The van der Waals surface area contributed by atoms with Gasteiger partial charge in [-0.3, -0.25) is 15.4 Å². The highest BCUT2D eigenvalue weighted by molar-refractivity contribution is 9.10. The molecule has 0 spiro atoms. The molecule has 8 heteroatoms. The predicted octanol–water partition coefficient (Wildman–Crippen LogP) is 3.40. The fraction of sp³-hybridized carbons (Fsp3) is 0. The van der Waals surface area contributed by atoms with Crippen LogP contribution >= 0.6 is 15.9 Å². The summed E-state index contributed by atoms with van der Waals surface area (Å²) in [5.41, 5.74) is 0.410. The Morgan fingerprint density at radius 1 is 1.15 bits per heavy atom. The first-order valence-corrected chi connectivity index (χ1v) is 6.29. The van der Waals surface area contributed by atoms with Crippen molar-refractivity contribution < 1.29 is 9.72 Å². The maximum atomic E-state index is 11.7. The maximum absolute atomic E-state index is 11.7. The number of aromatic nitrogens is 1. The van der Waals surface area contributed by atoms with Gasteiger partial charge < -0.3 is 5.32 Å². The van der Waals surface area contributed by atoms with Crippen LogP contribution in [-0.2, 0) is 0 Å². The second-order valence-corrected chi connectivity index (χ2v) is 4.54. The van der Waals surface area contributed by atoms with E-state index in [-0.39, 0.29) is 5.69 Å². The lowest BCUT2D eigenvalue weighted by Crippen LogP contribution is -2.20. The van der Waals surface area contributed by atoms with Crippen molar-refractivity contribution in [2.24, 2.45) is 0 Å². The Hall–Kier alpha value is -2.48. The molecule has 20 heavy (non-hydrogen) atoms. The summed E-state index contributed by atoms with van der Waals surface area (Å²) in [7, 11) is 0. The van der Waals surface area contributed by atoms with Crippen molar-refractivity contribution in [1.82, 2.24) is 4.98 Å². The van der Waals surface area contributed by atoms with Crippen LogP contribution in [0.4, 0.5) is 22.0 Å². The van der Waals surface area contributed by atoms with Gasteiger partial charge in [0.15, 0.2) is 0 Å². The largest absolute Gasteiger partial charge is 0.324 e. The average molecular weight is 337 g/mol. The topological polar surface area (TPSA) is 97.2 Å². The number of carbonyl (C=O) groups excluding carboxylic acids is 1. The molecule has 2 N–H and O–H groups in total. The van der Waals surface area contributed by atoms with Gasteiger partial charge in [-0.05, 0) is 40.2 Å². The van der Waals surface area contributed by atoms with E-state index in [1.807, 2.05) is 0 Å². The van der Waals surface area contributed by atoms with Gasteiger partial charge >= 0.3 is 6.03 Å². The highest BCUT2D eigenvalue weighted by atomic mass is 79.9. The molecule has 1 aromatic carbocycles. The van der Waals surface area contributed by atoms with Crippen LogP contribution < -0.4 is 10.6 Å². The lowest BCUT2D eigenvalue weighted by molar-refractivity contribution is -0.384. The van der Waals surface area contributed by atoms with Crippen LogP contribution in [0.2, 0.25) is 0 Å². The van der Waals surface area contributed by atoms with Crippen LogP contribution in [0.3, 0.4) is 0 Å². The number of benzene rings is 1. The molecule has 0 fully saturated rings. The molecule has 102 valence electrons. The third-order valence-corrected chi connectivity index (χ3v) is 2.73. The van der Waals surface area contributed by atoms with E-state index in [9.17, 15) is 14.9 Å². The molecular formula is C12H9BrN4O3. The number of pyridine rings is 1. The van der Waals surface area contributed by atoms with Gasteiger partial charge in [0.2, 0.25) is 0 Å². The van der Waals surface area contributed by atoms with Crippen LogP contribution in [0.5, 0.6) is 0 Å². The summed E-state index contributed by atoms with van der Waals surface area (Å²) in [5.74, 6) is 0.388. The van der Waals surface area contributed by atoms with Gasteiger partial charge in [-0.25, -0.2) is 9.78 Å². The Morgan fingerprint density at radius 3 is 2.45 bits per heavy atom. The number of hydrogen-bond acceptors (Lipinski definition) is 4. The lowest BCUT2D eigenvalue weighted by atomic mass is 10.3. The minimum Gasteiger partial charge on any atom is -0.308 e. The molecule has 1 heterocycles. The third kappa shape index (κ3) is 3.75. The first-order valence-electron chi connectivity index (χ1n) is 5.49. The number of nitro groups is 1. The Kier molecular flexibility index (Phi) is 4.26. The first-order chi connectivity index (χ1) is 9.54. The molecular weight excluding hydrogens is 328 g/mol. The molecule has 0 aliphatic heterocycles. The molecule has 0 saturated carbocycles. The molecule has 0 atom stereocenters. The van der Waals surface area contributed by atoms with E-state index in [2.05, 4.69) is 31.5 Å². The normalized spacial score (nSPS) is 9.85. The molecule has 0 unspecified atom stereocenters. The van der Waals surface area contributed by atoms with Crippen molar-refractivity contribution in [3.05, 3.63) is 57.2 Å². The monoisotopic (exact) mass is 336 g/mol. The summed E-state index contributed by atoms with van der Waals surface area (Å²) < 4.78 is 0.602. The minimum atomic E-state index is -0.505. The van der Waals surface area contributed by atoms with Crippen molar-refractivity contribution in [2.75, 3.05) is 10.6 Å². The molecule has 2 aromatic rings. The van der Waals surface area contributed by atoms with Crippen molar-refractivity contribution in [3.8, 4) is 0 Å². The molecule has 7 nitrogen and oxygen atoms in total. The predicted molar refractivity (Wildman–Crippen MR) is 77.7 cm³/mol. The highest BCUT2D eigenvalue weighted by Gasteiger charge is 2.07. The maximum Gasteiger partial charge on any atom is 0.324 e. The number of anilines is 2. The Labute approximate surface area is 122 Å². The minimum absolute atomic E-state index is 0.0374. The number of nitrogens with one attached hydrogen (secondary N) is 2. The Morgan fingerprint density at radius 2 is 1.85 bits per heavy atom. The number of carbonyl (C=O) groups is 1. The van der Waals surface area contributed by atoms with Gasteiger partial charge in [-0.2, -0.15) is 0 Å². The van der Waals surface area contributed by atoms with E-state index in [0.717, 1.165) is 0 Å². The third-order valence-electron chi connectivity index (χ3n) is 2.29. The summed E-state index contributed by atoms with van der Waals surface area (Å²) in [5, 5.41) is 15.6. The zero-order valence-electron chi connectivity index (χ0n) is 10.0. The second-order valence-electron chi connectivity index (χ2n) is 3.73. The quantitative estimate of drug-likeness (QED) is 0.510. The van der Waals surface area contributed by atoms with Crippen molar-refractivity contribution in [3.63, 3.8) is 0 Å². The number of non-ortho nitro benzene ring substituents is 1. The molecule has 0 radical (unpaired) electrons. The standard InChI is InChI=1S/C12H9BrN4O3/c13-10-2-1-3-11(15-10)16-12(18)14-8-4-6-9(7-5-8)17(19)20/h1-7H,(H2,14,15,16,18). The summed E-state index contributed by atoms with van der Waals surface area (Å²) in [6.45, 7) is 0. The number of hydrogen-bond donors (Lipinski definition) is 2. The van der Waals surface area contributed by atoms with Crippen LogP contribution in [0.1, 0.15) is 0 Å². The number of amides is 2. The van der Waals surface area contributed by atoms with E-state index in [4.69, 9.17) is 0 Å². The summed E-state index contributed by atoms with van der Waals surface area (Å²) in [4.78, 5) is 25.7. The number of nitrogens with zero attached hydrogens (tertiary/aromatic N) is 2. The molecule has 2 amide bonds. The van der Waals surface area contributed by atoms with Crippen LogP contribution in [0, 0.1) is 10.1 Å². The lowest BCUT2D eigenvalue weighted by Gasteiger charge is -2.06. The van der Waals surface area contributed by atoms with E-state index >= 15 is 0 Å². The Bertz CT molecular complexity index is 645. The van der Waals surface area contributed by atoms with Gasteiger partial charge in [-0.1, -0.05) is 6.07 Å². The Balaban J connectivity index is 1.99. The van der Waals surface area contributed by atoms with Crippen molar-refractivity contribution in [1.29, 1.82) is 0 Å². The number of urea groups is 1. The van der Waals surface area contributed by atoms with E-state index in [0.29, 0.717) is 16.1 Å². The fourth-order valence-electron chi connectivity index (χ4n) is 1.42. The number of halogens is 1. The van der Waals surface area contributed by atoms with Gasteiger partial charge in [0.25, 0.3) is 5.69 Å². The van der Waals surface area contributed by atoms with Gasteiger partial charge in [0, 0.05) is 17.8 Å². The van der Waals surface area contributed by atoms with E-state index in [1.165, 1.54) is 24.3 Å². The number of rotatable bonds is 3. The summed E-state index contributed by atoms with van der Waals surface area (Å²) >= 11 is 3.19. The molecule has 0 aliphatic rings. The molecule has 1 aromatic heterocycles. The average Bonchev–Trinajstić information content (AvgIpc) is 2.39. The molecule has 0 bridgehead atoms. The molecule has 0 saturated heterocycles.